The molecular formula is C9H15NO. The molecule has 0 unspecified atom stereocenters. The largest absolute Gasteiger partial charge is 0.308 e. The van der Waals surface area contributed by atoms with Crippen molar-refractivity contribution in [2.75, 3.05) is 6.54 Å². The first-order chi connectivity index (χ1) is 5.16. The summed E-state index contributed by atoms with van der Waals surface area (Å²) >= 11 is 0. The first kappa shape index (κ1) is 10.2. The van der Waals surface area contributed by atoms with Gasteiger partial charge in [0, 0.05) is 6.04 Å². The zero-order chi connectivity index (χ0) is 8.69. The number of ketones is 1. The minimum atomic E-state index is 0.160. The summed E-state index contributed by atoms with van der Waals surface area (Å²) < 4.78 is 0. The predicted molar refractivity (Wildman–Crippen MR) is 46.2 cm³/mol. The molecule has 0 aliphatic carbocycles. The van der Waals surface area contributed by atoms with Crippen molar-refractivity contribution in [3.05, 3.63) is 0 Å². The summed E-state index contributed by atoms with van der Waals surface area (Å²) in [5, 5.41) is 3.04. The van der Waals surface area contributed by atoms with Gasteiger partial charge in [-0.1, -0.05) is 19.8 Å². The van der Waals surface area contributed by atoms with Crippen molar-refractivity contribution >= 4 is 5.78 Å². The summed E-state index contributed by atoms with van der Waals surface area (Å²) in [6, 6.07) is 0.369. The number of carbonyl (C=O) groups is 1. The standard InChI is InChI=1S/C9H15NO/c1-4-5-6-9(11)7-10-8(2)3/h8,10H,6-7H2,1-3H3. The zero-order valence-corrected chi connectivity index (χ0v) is 7.40. The van der Waals surface area contributed by atoms with E-state index in [4.69, 9.17) is 0 Å². The summed E-state index contributed by atoms with van der Waals surface area (Å²) in [6.07, 6.45) is 0.371. The fraction of sp³-hybridized carbons (Fsp3) is 0.667. The number of Topliss-reactive ketones (excluding diaryl/α,β-unsaturated/α-hetero) is 1. The second-order valence-corrected chi connectivity index (χ2v) is 2.68. The lowest BCUT2D eigenvalue weighted by Gasteiger charge is -2.04. The van der Waals surface area contributed by atoms with Gasteiger partial charge in [0.05, 0.1) is 13.0 Å². The van der Waals surface area contributed by atoms with Crippen molar-refractivity contribution in [3.63, 3.8) is 0 Å². The van der Waals surface area contributed by atoms with Gasteiger partial charge in [-0.2, -0.15) is 0 Å². The first-order valence-electron chi connectivity index (χ1n) is 3.81. The Balaban J connectivity index is 3.43. The third-order valence-corrected chi connectivity index (χ3v) is 1.17. The smallest absolute Gasteiger partial charge is 0.158 e. The van der Waals surface area contributed by atoms with Crippen LogP contribution in [0.25, 0.3) is 0 Å². The van der Waals surface area contributed by atoms with Crippen LogP contribution in [0, 0.1) is 11.8 Å². The van der Waals surface area contributed by atoms with E-state index in [0.29, 0.717) is 19.0 Å². The molecule has 2 nitrogen and oxygen atoms in total. The van der Waals surface area contributed by atoms with Crippen molar-refractivity contribution in [1.82, 2.24) is 5.32 Å². The second-order valence-electron chi connectivity index (χ2n) is 2.68. The molecule has 0 heterocycles. The van der Waals surface area contributed by atoms with Crippen LogP contribution < -0.4 is 5.32 Å². The average molecular weight is 153 g/mol. The lowest BCUT2D eigenvalue weighted by Crippen LogP contribution is -2.28. The number of hydrogen-bond donors (Lipinski definition) is 1. The van der Waals surface area contributed by atoms with E-state index in [2.05, 4.69) is 17.2 Å². The lowest BCUT2D eigenvalue weighted by atomic mass is 10.2. The molecule has 0 spiro atoms. The van der Waals surface area contributed by atoms with Gasteiger partial charge < -0.3 is 5.32 Å². The molecule has 0 saturated carbocycles. The highest BCUT2D eigenvalue weighted by Crippen LogP contribution is 1.81. The molecule has 0 atom stereocenters. The van der Waals surface area contributed by atoms with Gasteiger partial charge in [-0.15, -0.1) is 5.92 Å². The fourth-order valence-corrected chi connectivity index (χ4v) is 0.567. The van der Waals surface area contributed by atoms with E-state index in [1.165, 1.54) is 0 Å². The second kappa shape index (κ2) is 5.94. The number of nitrogens with one attached hydrogen (secondary N) is 1. The molecule has 0 rings (SSSR count). The lowest BCUT2D eigenvalue weighted by molar-refractivity contribution is -0.117. The van der Waals surface area contributed by atoms with Gasteiger partial charge >= 0.3 is 0 Å². The molecule has 0 saturated heterocycles. The van der Waals surface area contributed by atoms with E-state index >= 15 is 0 Å². The Morgan fingerprint density at radius 1 is 1.55 bits per heavy atom. The van der Waals surface area contributed by atoms with E-state index < -0.39 is 0 Å². The van der Waals surface area contributed by atoms with E-state index in [0.717, 1.165) is 0 Å². The number of rotatable bonds is 4. The third-order valence-electron chi connectivity index (χ3n) is 1.17. The molecule has 0 aliphatic heterocycles. The molecule has 2 heteroatoms. The highest BCUT2D eigenvalue weighted by atomic mass is 16.1. The van der Waals surface area contributed by atoms with Gasteiger partial charge in [0.2, 0.25) is 0 Å². The van der Waals surface area contributed by atoms with E-state index in [-0.39, 0.29) is 5.78 Å². The van der Waals surface area contributed by atoms with Crippen LogP contribution in [0.4, 0.5) is 0 Å². The Morgan fingerprint density at radius 2 is 2.18 bits per heavy atom. The molecule has 0 aromatic carbocycles. The normalized spacial score (nSPS) is 9.09. The molecule has 0 aromatic rings. The quantitative estimate of drug-likeness (QED) is 0.610. The molecule has 1 N–H and O–H groups in total. The average Bonchev–Trinajstić information content (AvgIpc) is 1.97. The van der Waals surface area contributed by atoms with Gasteiger partial charge in [-0.05, 0) is 6.92 Å². The molecule has 0 aromatic heterocycles. The Hall–Kier alpha value is -0.810. The minimum Gasteiger partial charge on any atom is -0.308 e. The van der Waals surface area contributed by atoms with Gasteiger partial charge in [0.25, 0.3) is 0 Å². The molecule has 11 heavy (non-hydrogen) atoms. The van der Waals surface area contributed by atoms with Gasteiger partial charge in [0.1, 0.15) is 0 Å². The van der Waals surface area contributed by atoms with Crippen LogP contribution in [0.1, 0.15) is 27.2 Å². The van der Waals surface area contributed by atoms with Crippen molar-refractivity contribution in [1.29, 1.82) is 0 Å². The summed E-state index contributed by atoms with van der Waals surface area (Å²) in [7, 11) is 0. The van der Waals surface area contributed by atoms with Crippen molar-refractivity contribution < 1.29 is 4.79 Å². The van der Waals surface area contributed by atoms with E-state index in [1.807, 2.05) is 13.8 Å². The zero-order valence-electron chi connectivity index (χ0n) is 7.40. The predicted octanol–water partition coefficient (Wildman–Crippen LogP) is 0.967. The summed E-state index contributed by atoms with van der Waals surface area (Å²) in [4.78, 5) is 10.9. The summed E-state index contributed by atoms with van der Waals surface area (Å²) in [5.41, 5.74) is 0. The first-order valence-corrected chi connectivity index (χ1v) is 3.81. The maximum Gasteiger partial charge on any atom is 0.158 e. The van der Waals surface area contributed by atoms with Crippen LogP contribution in [-0.4, -0.2) is 18.4 Å². The third kappa shape index (κ3) is 7.08. The molecular weight excluding hydrogens is 138 g/mol. The number of carbonyl (C=O) groups excluding carboxylic acids is 1. The molecule has 0 aliphatic rings. The van der Waals surface area contributed by atoms with Crippen LogP contribution in [-0.2, 0) is 4.79 Å². The van der Waals surface area contributed by atoms with Crippen LogP contribution in [0.2, 0.25) is 0 Å². The van der Waals surface area contributed by atoms with Crippen molar-refractivity contribution in [3.8, 4) is 11.8 Å². The highest BCUT2D eigenvalue weighted by molar-refractivity contribution is 5.82. The van der Waals surface area contributed by atoms with Crippen molar-refractivity contribution in [2.24, 2.45) is 0 Å². The monoisotopic (exact) mass is 153 g/mol. The Kier molecular flexibility index (Phi) is 5.50. The van der Waals surface area contributed by atoms with Gasteiger partial charge in [0.15, 0.2) is 5.78 Å². The topological polar surface area (TPSA) is 29.1 Å². The minimum absolute atomic E-state index is 0.160. The Morgan fingerprint density at radius 3 is 2.64 bits per heavy atom. The summed E-state index contributed by atoms with van der Waals surface area (Å²) in [6.45, 7) is 6.20. The SMILES string of the molecule is CC#CCC(=O)CNC(C)C. The van der Waals surface area contributed by atoms with Crippen LogP contribution in [0.15, 0.2) is 0 Å². The molecule has 0 radical (unpaired) electrons. The maximum absolute atomic E-state index is 10.9. The van der Waals surface area contributed by atoms with Crippen LogP contribution in [0.3, 0.4) is 0 Å². The Bertz CT molecular complexity index is 174. The molecule has 0 amide bonds. The van der Waals surface area contributed by atoms with Gasteiger partial charge in [-0.3, -0.25) is 4.79 Å². The number of hydrogen-bond acceptors (Lipinski definition) is 2. The Labute approximate surface area is 68.4 Å². The van der Waals surface area contributed by atoms with Gasteiger partial charge in [-0.25, -0.2) is 0 Å². The maximum atomic E-state index is 10.9. The van der Waals surface area contributed by atoms with E-state index in [1.54, 1.807) is 6.92 Å². The van der Waals surface area contributed by atoms with E-state index in [9.17, 15) is 4.79 Å². The van der Waals surface area contributed by atoms with Crippen LogP contribution >= 0.6 is 0 Å². The molecule has 0 bridgehead atoms. The highest BCUT2D eigenvalue weighted by Gasteiger charge is 1.99. The summed E-state index contributed by atoms with van der Waals surface area (Å²) in [5.74, 6) is 5.58. The van der Waals surface area contributed by atoms with Crippen LogP contribution in [0.5, 0.6) is 0 Å². The molecule has 62 valence electrons. The fourth-order valence-electron chi connectivity index (χ4n) is 0.567. The molecule has 0 fully saturated rings. The van der Waals surface area contributed by atoms with Crippen molar-refractivity contribution in [2.45, 2.75) is 33.2 Å².